The summed E-state index contributed by atoms with van der Waals surface area (Å²) in [4.78, 5) is 4.77. The zero-order chi connectivity index (χ0) is 12.0. The summed E-state index contributed by atoms with van der Waals surface area (Å²) in [6, 6.07) is 0.899. The average Bonchev–Trinajstić information content (AvgIpc) is 2.64. The molecule has 4 nitrogen and oxygen atoms in total. The van der Waals surface area contributed by atoms with Gasteiger partial charge < -0.3 is 15.3 Å². The van der Waals surface area contributed by atoms with E-state index >= 15 is 0 Å². The van der Waals surface area contributed by atoms with E-state index < -0.39 is 0 Å². The lowest BCUT2D eigenvalue weighted by molar-refractivity contribution is 0.157. The number of nitrogens with one attached hydrogen (secondary N) is 1. The third kappa shape index (κ3) is 4.37. The highest BCUT2D eigenvalue weighted by Gasteiger charge is 2.26. The predicted molar refractivity (Wildman–Crippen MR) is 67.7 cm³/mol. The van der Waals surface area contributed by atoms with Gasteiger partial charge in [-0.1, -0.05) is 6.92 Å². The fourth-order valence-electron chi connectivity index (χ4n) is 2.52. The molecule has 2 atom stereocenters. The molecule has 4 heteroatoms. The van der Waals surface area contributed by atoms with Gasteiger partial charge >= 0.3 is 0 Å². The lowest BCUT2D eigenvalue weighted by atomic mass is 10.2. The van der Waals surface area contributed by atoms with Gasteiger partial charge in [0, 0.05) is 25.2 Å². The molecule has 16 heavy (non-hydrogen) atoms. The Balaban J connectivity index is 2.38. The Kier molecular flexibility index (Phi) is 6.28. The number of aliphatic hydroxyl groups excluding tert-OH is 1. The van der Waals surface area contributed by atoms with Crippen LogP contribution in [0.5, 0.6) is 0 Å². The summed E-state index contributed by atoms with van der Waals surface area (Å²) in [5, 5.41) is 12.6. The molecule has 96 valence electrons. The number of hydrogen-bond donors (Lipinski definition) is 2. The molecule has 0 saturated carbocycles. The van der Waals surface area contributed by atoms with E-state index in [1.165, 1.54) is 19.4 Å². The molecule has 2 N–H and O–H groups in total. The second kappa shape index (κ2) is 7.22. The summed E-state index contributed by atoms with van der Waals surface area (Å²) in [6.07, 6.45) is 2.59. The fraction of sp³-hybridized carbons (Fsp3) is 1.00. The molecule has 0 aliphatic carbocycles. The normalized spacial score (nSPS) is 24.2. The summed E-state index contributed by atoms with van der Waals surface area (Å²) < 4.78 is 0. The maximum atomic E-state index is 9.29. The molecule has 1 aliphatic heterocycles. The van der Waals surface area contributed by atoms with E-state index in [-0.39, 0.29) is 12.6 Å². The number of likely N-dealkylation sites (tertiary alicyclic amines) is 1. The topological polar surface area (TPSA) is 38.7 Å². The molecular formula is C12H27N3O. The largest absolute Gasteiger partial charge is 0.395 e. The van der Waals surface area contributed by atoms with Gasteiger partial charge in [0.15, 0.2) is 0 Å². The molecule has 1 rings (SSSR count). The van der Waals surface area contributed by atoms with Crippen molar-refractivity contribution < 1.29 is 5.11 Å². The minimum absolute atomic E-state index is 0.229. The van der Waals surface area contributed by atoms with Crippen LogP contribution in [0.25, 0.3) is 0 Å². The Morgan fingerprint density at radius 3 is 2.81 bits per heavy atom. The third-order valence-electron chi connectivity index (χ3n) is 3.24. The molecule has 0 spiro atoms. The summed E-state index contributed by atoms with van der Waals surface area (Å²) in [6.45, 7) is 6.54. The number of rotatable bonds is 7. The van der Waals surface area contributed by atoms with Crippen LogP contribution < -0.4 is 5.32 Å². The van der Waals surface area contributed by atoms with Crippen molar-refractivity contribution in [2.75, 3.05) is 46.9 Å². The first-order valence-electron chi connectivity index (χ1n) is 6.40. The van der Waals surface area contributed by atoms with Crippen LogP contribution in [0.4, 0.5) is 0 Å². The van der Waals surface area contributed by atoms with Gasteiger partial charge in [0.2, 0.25) is 0 Å². The van der Waals surface area contributed by atoms with E-state index in [9.17, 15) is 5.11 Å². The average molecular weight is 229 g/mol. The van der Waals surface area contributed by atoms with Crippen LogP contribution in [0, 0.1) is 0 Å². The molecule has 0 aromatic carbocycles. The van der Waals surface area contributed by atoms with Crippen LogP contribution in [0.1, 0.15) is 19.8 Å². The van der Waals surface area contributed by atoms with Crippen LogP contribution in [-0.2, 0) is 0 Å². The highest BCUT2D eigenvalue weighted by Crippen LogP contribution is 2.17. The van der Waals surface area contributed by atoms with E-state index in [1.54, 1.807) is 0 Å². The van der Waals surface area contributed by atoms with E-state index in [2.05, 4.69) is 36.1 Å². The van der Waals surface area contributed by atoms with Gasteiger partial charge in [-0.3, -0.25) is 4.90 Å². The summed E-state index contributed by atoms with van der Waals surface area (Å²) >= 11 is 0. The van der Waals surface area contributed by atoms with E-state index in [1.807, 2.05) is 0 Å². The second-order valence-electron chi connectivity index (χ2n) is 4.99. The first-order chi connectivity index (χ1) is 7.67. The van der Waals surface area contributed by atoms with Crippen molar-refractivity contribution in [3.8, 4) is 0 Å². The van der Waals surface area contributed by atoms with Gasteiger partial charge in [-0.2, -0.15) is 0 Å². The zero-order valence-corrected chi connectivity index (χ0v) is 10.9. The highest BCUT2D eigenvalue weighted by atomic mass is 16.3. The summed E-state index contributed by atoms with van der Waals surface area (Å²) in [5.41, 5.74) is 0. The molecule has 1 saturated heterocycles. The first kappa shape index (κ1) is 13.9. The first-order valence-corrected chi connectivity index (χ1v) is 6.40. The van der Waals surface area contributed by atoms with Crippen molar-refractivity contribution in [3.05, 3.63) is 0 Å². The molecule has 0 radical (unpaired) electrons. The van der Waals surface area contributed by atoms with Gasteiger partial charge in [0.1, 0.15) is 0 Å². The van der Waals surface area contributed by atoms with Crippen molar-refractivity contribution in [2.45, 2.75) is 31.8 Å². The lowest BCUT2D eigenvalue weighted by Crippen LogP contribution is -2.47. The van der Waals surface area contributed by atoms with Crippen molar-refractivity contribution in [1.82, 2.24) is 15.1 Å². The number of hydrogen-bond acceptors (Lipinski definition) is 4. The Bertz CT molecular complexity index is 187. The number of aliphatic hydroxyl groups is 1. The van der Waals surface area contributed by atoms with Crippen LogP contribution in [0.15, 0.2) is 0 Å². The molecule has 0 amide bonds. The number of likely N-dealkylation sites (N-methyl/N-ethyl adjacent to an activating group) is 2. The molecule has 0 bridgehead atoms. The number of nitrogens with zero attached hydrogens (tertiary/aromatic N) is 2. The van der Waals surface area contributed by atoms with Gasteiger partial charge in [0.25, 0.3) is 0 Å². The molecule has 0 aromatic heterocycles. The van der Waals surface area contributed by atoms with Crippen LogP contribution >= 0.6 is 0 Å². The van der Waals surface area contributed by atoms with Crippen LogP contribution in [0.3, 0.4) is 0 Å². The van der Waals surface area contributed by atoms with Gasteiger partial charge in [-0.05, 0) is 40.0 Å². The van der Waals surface area contributed by atoms with Crippen molar-refractivity contribution >= 4 is 0 Å². The second-order valence-corrected chi connectivity index (χ2v) is 4.99. The highest BCUT2D eigenvalue weighted by molar-refractivity contribution is 4.84. The molecule has 1 fully saturated rings. The minimum atomic E-state index is 0.229. The maximum absolute atomic E-state index is 9.29. The smallest absolute Gasteiger partial charge is 0.0597 e. The van der Waals surface area contributed by atoms with Gasteiger partial charge in [0.05, 0.1) is 6.61 Å². The van der Waals surface area contributed by atoms with Gasteiger partial charge in [-0.25, -0.2) is 0 Å². The molecular weight excluding hydrogens is 202 g/mol. The van der Waals surface area contributed by atoms with Crippen molar-refractivity contribution in [1.29, 1.82) is 0 Å². The van der Waals surface area contributed by atoms with Crippen molar-refractivity contribution in [2.24, 2.45) is 0 Å². The van der Waals surface area contributed by atoms with E-state index in [4.69, 9.17) is 0 Å². The summed E-state index contributed by atoms with van der Waals surface area (Å²) in [7, 11) is 4.26. The molecule has 0 aromatic rings. The maximum Gasteiger partial charge on any atom is 0.0597 e. The van der Waals surface area contributed by atoms with Crippen molar-refractivity contribution in [3.63, 3.8) is 0 Å². The predicted octanol–water partition coefficient (Wildman–Crippen LogP) is -0.0172. The Morgan fingerprint density at radius 1 is 1.50 bits per heavy atom. The fourth-order valence-corrected chi connectivity index (χ4v) is 2.52. The van der Waals surface area contributed by atoms with Crippen LogP contribution in [0.2, 0.25) is 0 Å². The Labute approximate surface area is 99.6 Å². The minimum Gasteiger partial charge on any atom is -0.395 e. The lowest BCUT2D eigenvalue weighted by Gasteiger charge is -2.30. The standard InChI is InChI=1S/C12H27N3O/c1-4-13-11(10-16)8-15-7-5-6-12(15)9-14(2)3/h11-13,16H,4-10H2,1-3H3. The molecule has 1 heterocycles. The SMILES string of the molecule is CCNC(CO)CN1CCCC1CN(C)C. The van der Waals surface area contributed by atoms with Crippen LogP contribution in [-0.4, -0.2) is 73.9 Å². The Hall–Kier alpha value is -0.160. The van der Waals surface area contributed by atoms with E-state index in [0.29, 0.717) is 6.04 Å². The zero-order valence-electron chi connectivity index (χ0n) is 10.9. The molecule has 2 unspecified atom stereocenters. The monoisotopic (exact) mass is 229 g/mol. The van der Waals surface area contributed by atoms with E-state index in [0.717, 1.165) is 19.6 Å². The Morgan fingerprint density at radius 2 is 2.25 bits per heavy atom. The summed E-state index contributed by atoms with van der Waals surface area (Å²) in [5.74, 6) is 0. The quantitative estimate of drug-likeness (QED) is 0.644. The molecule has 1 aliphatic rings. The van der Waals surface area contributed by atoms with Gasteiger partial charge in [-0.15, -0.1) is 0 Å². The third-order valence-corrected chi connectivity index (χ3v) is 3.24.